The van der Waals surface area contributed by atoms with Gasteiger partial charge in [0.15, 0.2) is 6.29 Å². The molecule has 0 spiro atoms. The van der Waals surface area contributed by atoms with Gasteiger partial charge < -0.3 is 14.4 Å². The number of rotatable bonds is 9. The molecule has 4 heteroatoms. The van der Waals surface area contributed by atoms with E-state index in [1.54, 1.807) is 12.1 Å². The van der Waals surface area contributed by atoms with Crippen LogP contribution in [0.2, 0.25) is 0 Å². The van der Waals surface area contributed by atoms with Crippen molar-refractivity contribution in [2.75, 3.05) is 31.2 Å². The Bertz CT molecular complexity index is 354. The van der Waals surface area contributed by atoms with Gasteiger partial charge in [0.2, 0.25) is 0 Å². The number of anilines is 1. The van der Waals surface area contributed by atoms with E-state index in [1.807, 2.05) is 19.9 Å². The molecule has 3 nitrogen and oxygen atoms in total. The molecule has 0 bridgehead atoms. The zero-order valence-corrected chi connectivity index (χ0v) is 12.1. The lowest BCUT2D eigenvalue weighted by Crippen LogP contribution is -2.29. The van der Waals surface area contributed by atoms with Gasteiger partial charge in [0.05, 0.1) is 0 Å². The number of hydrogen-bond acceptors (Lipinski definition) is 3. The monoisotopic (exact) mass is 269 g/mol. The highest BCUT2D eigenvalue weighted by Crippen LogP contribution is 2.16. The lowest BCUT2D eigenvalue weighted by atomic mass is 10.2. The molecule has 108 valence electrons. The molecule has 0 radical (unpaired) electrons. The summed E-state index contributed by atoms with van der Waals surface area (Å²) >= 11 is 0. The summed E-state index contributed by atoms with van der Waals surface area (Å²) in [7, 11) is 0. The van der Waals surface area contributed by atoms with Crippen LogP contribution in [0, 0.1) is 5.82 Å². The van der Waals surface area contributed by atoms with E-state index in [9.17, 15) is 4.39 Å². The largest absolute Gasteiger partial charge is 0.372 e. The maximum atomic E-state index is 13.2. The molecule has 0 aliphatic rings. The third-order valence-corrected chi connectivity index (χ3v) is 2.89. The smallest absolute Gasteiger partial charge is 0.159 e. The average molecular weight is 269 g/mol. The predicted molar refractivity (Wildman–Crippen MR) is 75.9 cm³/mol. The van der Waals surface area contributed by atoms with Crippen molar-refractivity contribution in [2.45, 2.75) is 33.5 Å². The molecule has 0 aromatic heterocycles. The van der Waals surface area contributed by atoms with E-state index in [-0.39, 0.29) is 12.1 Å². The second-order valence-corrected chi connectivity index (χ2v) is 4.19. The fourth-order valence-corrected chi connectivity index (χ4v) is 1.99. The number of halogens is 1. The van der Waals surface area contributed by atoms with Gasteiger partial charge >= 0.3 is 0 Å². The van der Waals surface area contributed by atoms with Crippen LogP contribution in [0.25, 0.3) is 0 Å². The quantitative estimate of drug-likeness (QED) is 0.641. The fraction of sp³-hybridized carbons (Fsp3) is 0.600. The maximum Gasteiger partial charge on any atom is 0.159 e. The van der Waals surface area contributed by atoms with E-state index >= 15 is 0 Å². The molecule has 1 aromatic rings. The first-order chi connectivity index (χ1) is 9.21. The number of ether oxygens (including phenoxy) is 2. The molecule has 0 atom stereocenters. The normalized spacial score (nSPS) is 11.0. The van der Waals surface area contributed by atoms with Crippen molar-refractivity contribution in [1.82, 2.24) is 0 Å². The van der Waals surface area contributed by atoms with E-state index in [2.05, 4.69) is 11.8 Å². The molecular weight excluding hydrogens is 245 g/mol. The molecule has 1 rings (SSSR count). The molecule has 0 aliphatic carbocycles. The minimum atomic E-state index is -0.206. The second-order valence-electron chi connectivity index (χ2n) is 4.19. The first-order valence-electron chi connectivity index (χ1n) is 6.94. The predicted octanol–water partition coefficient (Wildman–Crippen LogP) is 3.44. The molecule has 1 aromatic carbocycles. The van der Waals surface area contributed by atoms with Gasteiger partial charge in [-0.1, -0.05) is 6.07 Å². The first-order valence-corrected chi connectivity index (χ1v) is 6.94. The summed E-state index contributed by atoms with van der Waals surface area (Å²) in [6.07, 6.45) is 0.587. The van der Waals surface area contributed by atoms with Crippen LogP contribution in [0.4, 0.5) is 10.1 Å². The van der Waals surface area contributed by atoms with Crippen LogP contribution in [-0.4, -0.2) is 32.6 Å². The van der Waals surface area contributed by atoms with E-state index in [4.69, 9.17) is 9.47 Å². The summed E-state index contributed by atoms with van der Waals surface area (Å²) in [5.74, 6) is -0.206. The zero-order valence-electron chi connectivity index (χ0n) is 12.1. The summed E-state index contributed by atoms with van der Waals surface area (Å²) in [6, 6.07) is 6.67. The van der Waals surface area contributed by atoms with Crippen molar-refractivity contribution in [1.29, 1.82) is 0 Å². The van der Waals surface area contributed by atoms with Crippen LogP contribution >= 0.6 is 0 Å². The summed E-state index contributed by atoms with van der Waals surface area (Å²) in [4.78, 5) is 2.12. The summed E-state index contributed by atoms with van der Waals surface area (Å²) in [5.41, 5.74) is 0.897. The maximum absolute atomic E-state index is 13.2. The Morgan fingerprint density at radius 2 is 1.84 bits per heavy atom. The Hall–Kier alpha value is -1.13. The third-order valence-electron chi connectivity index (χ3n) is 2.89. The Morgan fingerprint density at radius 1 is 1.16 bits per heavy atom. The van der Waals surface area contributed by atoms with Gasteiger partial charge in [0.25, 0.3) is 0 Å². The SMILES string of the molecule is CCOC(CCN(CC)c1cccc(F)c1)OCC. The standard InChI is InChI=1S/C15H24FNO2/c1-4-17(14-9-7-8-13(16)12-14)11-10-15(18-5-2)19-6-3/h7-9,12,15H,4-6,10-11H2,1-3H3. The van der Waals surface area contributed by atoms with Crippen LogP contribution < -0.4 is 4.90 Å². The van der Waals surface area contributed by atoms with Gasteiger partial charge in [-0.15, -0.1) is 0 Å². The van der Waals surface area contributed by atoms with Gasteiger partial charge in [-0.05, 0) is 39.0 Å². The van der Waals surface area contributed by atoms with Crippen molar-refractivity contribution < 1.29 is 13.9 Å². The van der Waals surface area contributed by atoms with Crippen LogP contribution in [0.15, 0.2) is 24.3 Å². The summed E-state index contributed by atoms with van der Waals surface area (Å²) < 4.78 is 24.3. The van der Waals surface area contributed by atoms with E-state index < -0.39 is 0 Å². The molecular formula is C15H24FNO2. The minimum Gasteiger partial charge on any atom is -0.372 e. The van der Waals surface area contributed by atoms with Gasteiger partial charge in [0, 0.05) is 38.4 Å². The topological polar surface area (TPSA) is 21.7 Å². The Balaban J connectivity index is 2.56. The van der Waals surface area contributed by atoms with Gasteiger partial charge in [-0.25, -0.2) is 4.39 Å². The highest BCUT2D eigenvalue weighted by molar-refractivity contribution is 5.46. The molecule has 0 aliphatic heterocycles. The van der Waals surface area contributed by atoms with Crippen molar-refractivity contribution in [3.63, 3.8) is 0 Å². The van der Waals surface area contributed by atoms with E-state index in [1.165, 1.54) is 6.07 Å². The van der Waals surface area contributed by atoms with Crippen molar-refractivity contribution in [3.05, 3.63) is 30.1 Å². The first kappa shape index (κ1) is 15.9. The Kier molecular flexibility index (Phi) is 7.45. The minimum absolute atomic E-state index is 0.183. The highest BCUT2D eigenvalue weighted by atomic mass is 19.1. The fourth-order valence-electron chi connectivity index (χ4n) is 1.99. The second kappa shape index (κ2) is 8.88. The molecule has 0 fully saturated rings. The molecule has 0 amide bonds. The zero-order chi connectivity index (χ0) is 14.1. The van der Waals surface area contributed by atoms with Gasteiger partial charge in [-0.2, -0.15) is 0 Å². The number of hydrogen-bond donors (Lipinski definition) is 0. The molecule has 0 saturated heterocycles. The van der Waals surface area contributed by atoms with Crippen LogP contribution in [0.3, 0.4) is 0 Å². The van der Waals surface area contributed by atoms with Crippen molar-refractivity contribution in [3.8, 4) is 0 Å². The highest BCUT2D eigenvalue weighted by Gasteiger charge is 2.11. The average Bonchev–Trinajstić information content (AvgIpc) is 2.40. The summed E-state index contributed by atoms with van der Waals surface area (Å²) in [6.45, 7) is 8.85. The lowest BCUT2D eigenvalue weighted by molar-refractivity contribution is -0.138. The van der Waals surface area contributed by atoms with Crippen LogP contribution in [-0.2, 0) is 9.47 Å². The summed E-state index contributed by atoms with van der Waals surface area (Å²) in [5, 5.41) is 0. The Labute approximate surface area is 115 Å². The van der Waals surface area contributed by atoms with Crippen LogP contribution in [0.1, 0.15) is 27.2 Å². The molecule has 19 heavy (non-hydrogen) atoms. The number of benzene rings is 1. The van der Waals surface area contributed by atoms with Crippen LogP contribution in [0.5, 0.6) is 0 Å². The van der Waals surface area contributed by atoms with Crippen molar-refractivity contribution >= 4 is 5.69 Å². The van der Waals surface area contributed by atoms with Crippen molar-refractivity contribution in [2.24, 2.45) is 0 Å². The van der Waals surface area contributed by atoms with E-state index in [0.29, 0.717) is 13.2 Å². The van der Waals surface area contributed by atoms with E-state index in [0.717, 1.165) is 25.2 Å². The van der Waals surface area contributed by atoms with Gasteiger partial charge in [-0.3, -0.25) is 0 Å². The number of nitrogens with zero attached hydrogens (tertiary/aromatic N) is 1. The third kappa shape index (κ3) is 5.57. The molecule has 0 unspecified atom stereocenters. The lowest BCUT2D eigenvalue weighted by Gasteiger charge is -2.25. The molecule has 0 saturated carbocycles. The molecule has 0 heterocycles. The van der Waals surface area contributed by atoms with Gasteiger partial charge in [0.1, 0.15) is 5.82 Å². The Morgan fingerprint density at radius 3 is 2.37 bits per heavy atom. The molecule has 0 N–H and O–H groups in total.